The van der Waals surface area contributed by atoms with Crippen molar-refractivity contribution in [2.24, 2.45) is 29.6 Å². The largest absolute Gasteiger partial charge is 0.768 e. The molecule has 2 aromatic carbocycles. The minimum Gasteiger partial charge on any atom is -0.768 e. The molecule has 5 aliphatic carbocycles. The van der Waals surface area contributed by atoms with Crippen molar-refractivity contribution >= 4 is 29.0 Å². The molecule has 1 aliphatic heterocycles. The summed E-state index contributed by atoms with van der Waals surface area (Å²) in [5.74, 6) is -11.2. The van der Waals surface area contributed by atoms with Gasteiger partial charge in [0.25, 0.3) is 0 Å². The van der Waals surface area contributed by atoms with E-state index in [1.807, 2.05) is 12.1 Å². The molecule has 8 rings (SSSR count). The van der Waals surface area contributed by atoms with Crippen molar-refractivity contribution in [2.75, 3.05) is 6.61 Å². The number of rotatable bonds is 8. The van der Waals surface area contributed by atoms with Gasteiger partial charge in [0.05, 0.1) is 30.8 Å². The van der Waals surface area contributed by atoms with Crippen molar-refractivity contribution in [1.82, 2.24) is 0 Å². The first kappa shape index (κ1) is 28.5. The van der Waals surface area contributed by atoms with Crippen molar-refractivity contribution in [1.29, 1.82) is 0 Å². The van der Waals surface area contributed by atoms with Crippen molar-refractivity contribution in [2.45, 2.75) is 54.5 Å². The fourth-order valence-electron chi connectivity index (χ4n) is 8.16. The van der Waals surface area contributed by atoms with E-state index in [9.17, 15) is 40.7 Å². The maximum absolute atomic E-state index is 14.1. The van der Waals surface area contributed by atoms with Crippen LogP contribution in [-0.2, 0) is 39.7 Å². The van der Waals surface area contributed by atoms with Crippen molar-refractivity contribution in [3.63, 3.8) is 0 Å². The lowest BCUT2D eigenvalue weighted by Crippen LogP contribution is -2.50. The summed E-state index contributed by atoms with van der Waals surface area (Å²) in [6, 6.07) is 14.4. The molecule has 7 unspecified atom stereocenters. The molecule has 0 N–H and O–H groups in total. The molecule has 13 heteroatoms. The lowest BCUT2D eigenvalue weighted by Gasteiger charge is -2.48. The molecule has 1 saturated heterocycles. The standard InChI is InChI=1S/C30H26F4O8S/c31-29(32,30(33,34)43(38)39)9-10-40-27(36)22-20-14-5-1-3-7-16(14)21(17-8-4-2-6-15(17)20)23(22)28(37)41-24-13-11-18-19(12-13)26(35)42-25(18)24/h1-8,13,18-25H,9-12H2,(H,38,39)/p-1/t13?,18?,19?,20?,21?,22?,23?,24?,25-/m1/s1. The third-order valence-corrected chi connectivity index (χ3v) is 10.7. The van der Waals surface area contributed by atoms with E-state index in [-0.39, 0.29) is 23.7 Å². The van der Waals surface area contributed by atoms with Gasteiger partial charge in [0.15, 0.2) is 0 Å². The van der Waals surface area contributed by atoms with Crippen LogP contribution in [-0.4, -0.2) is 56.7 Å². The zero-order valence-corrected chi connectivity index (χ0v) is 23.1. The highest BCUT2D eigenvalue weighted by atomic mass is 32.2. The zero-order valence-electron chi connectivity index (χ0n) is 22.3. The highest BCUT2D eigenvalue weighted by Gasteiger charge is 2.65. The quantitative estimate of drug-likeness (QED) is 0.188. The minimum absolute atomic E-state index is 0.0384. The summed E-state index contributed by atoms with van der Waals surface area (Å²) in [6.07, 6.45) is -1.78. The molecule has 2 saturated carbocycles. The predicted octanol–water partition coefficient (Wildman–Crippen LogP) is 4.04. The fourth-order valence-corrected chi connectivity index (χ4v) is 8.51. The number of hydrogen-bond acceptors (Lipinski definition) is 8. The molecule has 4 bridgehead atoms. The van der Waals surface area contributed by atoms with Crippen molar-refractivity contribution < 1.29 is 54.9 Å². The van der Waals surface area contributed by atoms with E-state index in [0.29, 0.717) is 12.8 Å². The number of hydrogen-bond donors (Lipinski definition) is 0. The second-order valence-corrected chi connectivity index (χ2v) is 12.9. The van der Waals surface area contributed by atoms with E-state index in [2.05, 4.69) is 0 Å². The van der Waals surface area contributed by atoms with Crippen LogP contribution in [0.3, 0.4) is 0 Å². The maximum atomic E-state index is 14.1. The molecule has 0 amide bonds. The predicted molar refractivity (Wildman–Crippen MR) is 137 cm³/mol. The van der Waals surface area contributed by atoms with Gasteiger partial charge in [-0.15, -0.1) is 0 Å². The minimum atomic E-state index is -5.36. The fraction of sp³-hybridized carbons (Fsp3) is 0.500. The Hall–Kier alpha value is -3.32. The van der Waals surface area contributed by atoms with Crippen molar-refractivity contribution in [3.8, 4) is 0 Å². The summed E-state index contributed by atoms with van der Waals surface area (Å²) < 4.78 is 93.3. The van der Waals surface area contributed by atoms with Crippen LogP contribution in [0, 0.1) is 29.6 Å². The van der Waals surface area contributed by atoms with Gasteiger partial charge in [0, 0.05) is 34.8 Å². The average Bonchev–Trinajstić information content (AvgIpc) is 3.62. The van der Waals surface area contributed by atoms with E-state index in [1.165, 1.54) is 0 Å². The third-order valence-electron chi connectivity index (χ3n) is 9.94. The van der Waals surface area contributed by atoms with Crippen LogP contribution in [0.15, 0.2) is 48.5 Å². The first-order chi connectivity index (χ1) is 20.4. The SMILES string of the molecule is O=C1O[C@@H]2C3CC(CC13)C2OC(=O)C1C2c3ccccc3C(c3ccccc32)C1C(=O)OCCC(F)(F)C(F)(F)S(=O)[O-]. The Labute approximate surface area is 245 Å². The second kappa shape index (κ2) is 9.85. The van der Waals surface area contributed by atoms with Crippen LogP contribution in [0.25, 0.3) is 0 Å². The summed E-state index contributed by atoms with van der Waals surface area (Å²) in [4.78, 5) is 40.0. The van der Waals surface area contributed by atoms with E-state index < -0.39 is 83.1 Å². The van der Waals surface area contributed by atoms with Crippen LogP contribution in [0.5, 0.6) is 0 Å². The van der Waals surface area contributed by atoms with Crippen LogP contribution >= 0.6 is 0 Å². The first-order valence-electron chi connectivity index (χ1n) is 14.0. The first-order valence-corrected chi connectivity index (χ1v) is 15.1. The number of fused-ring (bicyclic) bond motifs is 2. The molecular formula is C30H25F4O8S-. The molecule has 0 aromatic heterocycles. The van der Waals surface area contributed by atoms with E-state index in [1.54, 1.807) is 36.4 Å². The molecule has 3 fully saturated rings. The van der Waals surface area contributed by atoms with Gasteiger partial charge >= 0.3 is 29.1 Å². The summed E-state index contributed by atoms with van der Waals surface area (Å²) in [5, 5.41) is -5.36. The Morgan fingerprint density at radius 3 is 1.98 bits per heavy atom. The lowest BCUT2D eigenvalue weighted by atomic mass is 9.54. The van der Waals surface area contributed by atoms with Crippen molar-refractivity contribution in [3.05, 3.63) is 70.8 Å². The third kappa shape index (κ3) is 4.10. The van der Waals surface area contributed by atoms with Gasteiger partial charge in [-0.1, -0.05) is 48.5 Å². The average molecular weight is 622 g/mol. The van der Waals surface area contributed by atoms with Crippen LogP contribution in [0.2, 0.25) is 0 Å². The molecule has 8 nitrogen and oxygen atoms in total. The monoisotopic (exact) mass is 621 g/mol. The Morgan fingerprint density at radius 1 is 0.907 bits per heavy atom. The van der Waals surface area contributed by atoms with E-state index >= 15 is 0 Å². The Bertz CT molecular complexity index is 1500. The summed E-state index contributed by atoms with van der Waals surface area (Å²) in [6.45, 7) is -1.20. The smallest absolute Gasteiger partial charge is 0.371 e. The molecular weight excluding hydrogens is 596 g/mol. The van der Waals surface area contributed by atoms with Crippen LogP contribution in [0.4, 0.5) is 17.6 Å². The normalized spacial score (nSPS) is 33.9. The Morgan fingerprint density at radius 2 is 1.44 bits per heavy atom. The van der Waals surface area contributed by atoms with Gasteiger partial charge < -0.3 is 18.8 Å². The summed E-state index contributed by atoms with van der Waals surface area (Å²) in [7, 11) is 0. The molecule has 2 aromatic rings. The van der Waals surface area contributed by atoms with Gasteiger partial charge in [-0.05, 0) is 35.1 Å². The molecule has 0 spiro atoms. The number of halogens is 4. The van der Waals surface area contributed by atoms with Gasteiger partial charge in [-0.2, -0.15) is 17.6 Å². The summed E-state index contributed by atoms with van der Waals surface area (Å²) in [5.41, 5.74) is 3.06. The Kier molecular flexibility index (Phi) is 6.52. The van der Waals surface area contributed by atoms with Gasteiger partial charge in [-0.25, -0.2) is 0 Å². The maximum Gasteiger partial charge on any atom is 0.371 e. The zero-order chi connectivity index (χ0) is 30.4. The second-order valence-electron chi connectivity index (χ2n) is 11.9. The molecule has 0 radical (unpaired) electrons. The number of carbonyl (C=O) groups excluding carboxylic acids is 3. The highest BCUT2D eigenvalue weighted by molar-refractivity contribution is 7.80. The Balaban J connectivity index is 1.21. The lowest BCUT2D eigenvalue weighted by molar-refractivity contribution is -0.180. The van der Waals surface area contributed by atoms with E-state index in [0.717, 1.165) is 22.3 Å². The number of carbonyl (C=O) groups is 3. The molecule has 43 heavy (non-hydrogen) atoms. The molecule has 228 valence electrons. The van der Waals surface area contributed by atoms with E-state index in [4.69, 9.17) is 14.2 Å². The number of alkyl halides is 4. The van der Waals surface area contributed by atoms with Gasteiger partial charge in [-0.3, -0.25) is 18.6 Å². The summed E-state index contributed by atoms with van der Waals surface area (Å²) >= 11 is -4.40. The molecule has 6 aliphatic rings. The van der Waals surface area contributed by atoms with Gasteiger partial charge in [0.2, 0.25) is 0 Å². The topological polar surface area (TPSA) is 119 Å². The molecule has 1 heterocycles. The number of benzene rings is 2. The number of esters is 3. The van der Waals surface area contributed by atoms with Crippen LogP contribution < -0.4 is 0 Å². The van der Waals surface area contributed by atoms with Gasteiger partial charge in [0.1, 0.15) is 12.2 Å². The highest BCUT2D eigenvalue weighted by Crippen LogP contribution is 2.60. The van der Waals surface area contributed by atoms with Crippen LogP contribution in [0.1, 0.15) is 53.4 Å². The molecule has 8 atom stereocenters. The number of ether oxygens (including phenoxy) is 3.